The summed E-state index contributed by atoms with van der Waals surface area (Å²) in [6.45, 7) is 2.25. The lowest BCUT2D eigenvalue weighted by atomic mass is 9.98. The summed E-state index contributed by atoms with van der Waals surface area (Å²) in [6.07, 6.45) is 0.773. The van der Waals surface area contributed by atoms with Crippen LogP contribution in [0.4, 0.5) is 5.69 Å². The first kappa shape index (κ1) is 21.5. The highest BCUT2D eigenvalue weighted by molar-refractivity contribution is 5.85. The lowest BCUT2D eigenvalue weighted by Crippen LogP contribution is -2.35. The average molecular weight is 377 g/mol. The number of rotatable bonds is 7. The fourth-order valence-electron chi connectivity index (χ4n) is 2.65. The van der Waals surface area contributed by atoms with E-state index in [1.807, 2.05) is 43.3 Å². The van der Waals surface area contributed by atoms with Crippen LogP contribution in [0.2, 0.25) is 0 Å². The van der Waals surface area contributed by atoms with Gasteiger partial charge < -0.3 is 15.8 Å². The van der Waals surface area contributed by atoms with E-state index in [9.17, 15) is 9.59 Å². The van der Waals surface area contributed by atoms with Crippen molar-refractivity contribution in [2.24, 2.45) is 5.92 Å². The third kappa shape index (κ3) is 6.76. The Balaban J connectivity index is 0.00000338. The minimum atomic E-state index is -0.415. The van der Waals surface area contributed by atoms with Crippen molar-refractivity contribution in [3.63, 3.8) is 0 Å². The number of benzene rings is 2. The second-order valence-corrected chi connectivity index (χ2v) is 6.14. The Labute approximate surface area is 160 Å². The molecule has 0 aromatic heterocycles. The van der Waals surface area contributed by atoms with E-state index in [1.54, 1.807) is 12.1 Å². The van der Waals surface area contributed by atoms with E-state index < -0.39 is 5.92 Å². The number of ether oxygens (including phenoxy) is 1. The number of aryl methyl sites for hydroxylation is 1. The maximum Gasteiger partial charge on any atom is 0.310 e. The average Bonchev–Trinajstić information content (AvgIpc) is 2.60. The Morgan fingerprint density at radius 3 is 2.42 bits per heavy atom. The molecule has 0 aliphatic rings. The molecule has 0 aliphatic heterocycles. The van der Waals surface area contributed by atoms with Gasteiger partial charge in [-0.15, -0.1) is 12.4 Å². The van der Waals surface area contributed by atoms with Crippen molar-refractivity contribution < 1.29 is 14.3 Å². The monoisotopic (exact) mass is 376 g/mol. The number of methoxy groups -OCH3 is 1. The fraction of sp³-hybridized carbons (Fsp3) is 0.300. The number of nitrogens with two attached hydrogens (primary N) is 1. The minimum absolute atomic E-state index is 0. The summed E-state index contributed by atoms with van der Waals surface area (Å²) in [5, 5.41) is 2.82. The van der Waals surface area contributed by atoms with E-state index in [2.05, 4.69) is 5.32 Å². The van der Waals surface area contributed by atoms with Gasteiger partial charge >= 0.3 is 5.97 Å². The summed E-state index contributed by atoms with van der Waals surface area (Å²) in [6, 6.07) is 15.1. The Morgan fingerprint density at radius 1 is 1.12 bits per heavy atom. The van der Waals surface area contributed by atoms with Crippen LogP contribution < -0.4 is 11.1 Å². The summed E-state index contributed by atoms with van der Waals surface area (Å²) in [4.78, 5) is 24.1. The van der Waals surface area contributed by atoms with Gasteiger partial charge in [0.25, 0.3) is 0 Å². The van der Waals surface area contributed by atoms with Gasteiger partial charge in [-0.2, -0.15) is 0 Å². The number of nitrogen functional groups attached to an aromatic ring is 1. The van der Waals surface area contributed by atoms with Crippen LogP contribution in [-0.4, -0.2) is 25.5 Å². The normalized spacial score (nSPS) is 11.2. The van der Waals surface area contributed by atoms with E-state index in [0.717, 1.165) is 16.7 Å². The molecule has 1 amide bonds. The van der Waals surface area contributed by atoms with Crippen molar-refractivity contribution in [1.29, 1.82) is 0 Å². The van der Waals surface area contributed by atoms with Gasteiger partial charge in [0.05, 0.1) is 19.4 Å². The van der Waals surface area contributed by atoms with Crippen molar-refractivity contribution in [3.8, 4) is 0 Å². The van der Waals surface area contributed by atoms with Crippen LogP contribution in [0.3, 0.4) is 0 Å². The van der Waals surface area contributed by atoms with Gasteiger partial charge in [0.15, 0.2) is 0 Å². The molecule has 2 aromatic rings. The molecule has 2 rings (SSSR count). The summed E-state index contributed by atoms with van der Waals surface area (Å²) in [5.74, 6) is -0.876. The molecule has 3 N–H and O–H groups in total. The lowest BCUT2D eigenvalue weighted by molar-refractivity contribution is -0.145. The van der Waals surface area contributed by atoms with Crippen LogP contribution in [0.15, 0.2) is 48.5 Å². The molecule has 6 heteroatoms. The Hall–Kier alpha value is -2.53. The van der Waals surface area contributed by atoms with E-state index in [4.69, 9.17) is 10.5 Å². The van der Waals surface area contributed by atoms with Crippen LogP contribution >= 0.6 is 12.4 Å². The number of hydrogen-bond acceptors (Lipinski definition) is 4. The van der Waals surface area contributed by atoms with Crippen LogP contribution in [0.25, 0.3) is 0 Å². The molecule has 0 heterocycles. The van der Waals surface area contributed by atoms with Gasteiger partial charge in [-0.1, -0.05) is 42.0 Å². The second-order valence-electron chi connectivity index (χ2n) is 6.14. The van der Waals surface area contributed by atoms with E-state index in [1.165, 1.54) is 7.11 Å². The molecule has 26 heavy (non-hydrogen) atoms. The van der Waals surface area contributed by atoms with Crippen LogP contribution in [-0.2, 0) is 27.2 Å². The molecule has 0 bridgehead atoms. The van der Waals surface area contributed by atoms with Crippen molar-refractivity contribution in [2.75, 3.05) is 19.4 Å². The zero-order valence-corrected chi connectivity index (χ0v) is 15.8. The van der Waals surface area contributed by atoms with Crippen molar-refractivity contribution >= 4 is 30.0 Å². The van der Waals surface area contributed by atoms with Crippen LogP contribution in [0.5, 0.6) is 0 Å². The van der Waals surface area contributed by atoms with Gasteiger partial charge in [-0.05, 0) is 36.6 Å². The smallest absolute Gasteiger partial charge is 0.310 e. The first-order valence-corrected chi connectivity index (χ1v) is 8.22. The number of amides is 1. The number of nitrogens with one attached hydrogen (secondary N) is 1. The zero-order valence-electron chi connectivity index (χ0n) is 15.0. The highest BCUT2D eigenvalue weighted by Gasteiger charge is 2.20. The van der Waals surface area contributed by atoms with Crippen molar-refractivity contribution in [3.05, 3.63) is 65.2 Å². The Bertz CT molecular complexity index is 732. The summed E-state index contributed by atoms with van der Waals surface area (Å²) in [7, 11) is 1.36. The Kier molecular flexibility index (Phi) is 8.65. The maximum atomic E-state index is 12.1. The van der Waals surface area contributed by atoms with E-state index in [-0.39, 0.29) is 37.2 Å². The molecule has 0 saturated heterocycles. The number of anilines is 1. The molecule has 1 unspecified atom stereocenters. The number of carbonyl (C=O) groups excluding carboxylic acids is 2. The van der Waals surface area contributed by atoms with Gasteiger partial charge in [0, 0.05) is 12.2 Å². The molecule has 1 atom stereocenters. The molecular formula is C20H25ClN2O3. The predicted octanol–water partition coefficient (Wildman–Crippen LogP) is 2.69. The summed E-state index contributed by atoms with van der Waals surface area (Å²) < 4.78 is 4.87. The fourth-order valence-corrected chi connectivity index (χ4v) is 2.65. The number of esters is 1. The van der Waals surface area contributed by atoms with Gasteiger partial charge in [-0.3, -0.25) is 9.59 Å². The van der Waals surface area contributed by atoms with Crippen LogP contribution in [0, 0.1) is 12.8 Å². The number of carbonyl (C=O) groups is 2. The molecule has 0 saturated carbocycles. The molecule has 0 radical (unpaired) electrons. The lowest BCUT2D eigenvalue weighted by Gasteiger charge is -2.16. The second kappa shape index (κ2) is 10.5. The zero-order chi connectivity index (χ0) is 18.2. The van der Waals surface area contributed by atoms with Gasteiger partial charge in [-0.25, -0.2) is 0 Å². The molecule has 2 aromatic carbocycles. The summed E-state index contributed by atoms with van der Waals surface area (Å²) in [5.41, 5.74) is 9.35. The van der Waals surface area contributed by atoms with E-state index >= 15 is 0 Å². The third-order valence-electron chi connectivity index (χ3n) is 3.99. The molecular weight excluding hydrogens is 352 g/mol. The standard InChI is InChI=1S/C20H24N2O3.ClH/c1-14-4-3-5-16(10-14)11-17(20(24)25-2)13-22-19(23)12-15-6-8-18(21)9-7-15;/h3-10,17H,11-13,21H2,1-2H3,(H,22,23);1H. The van der Waals surface area contributed by atoms with Crippen molar-refractivity contribution in [2.45, 2.75) is 19.8 Å². The first-order chi connectivity index (χ1) is 12.0. The van der Waals surface area contributed by atoms with E-state index in [0.29, 0.717) is 12.1 Å². The Morgan fingerprint density at radius 2 is 1.81 bits per heavy atom. The van der Waals surface area contributed by atoms with Gasteiger partial charge in [0.1, 0.15) is 0 Å². The maximum absolute atomic E-state index is 12.1. The molecule has 140 valence electrons. The molecule has 0 aliphatic carbocycles. The number of halogens is 1. The molecule has 5 nitrogen and oxygen atoms in total. The number of hydrogen-bond donors (Lipinski definition) is 2. The van der Waals surface area contributed by atoms with Gasteiger partial charge in [0.2, 0.25) is 5.91 Å². The van der Waals surface area contributed by atoms with Crippen LogP contribution in [0.1, 0.15) is 16.7 Å². The third-order valence-corrected chi connectivity index (χ3v) is 3.99. The van der Waals surface area contributed by atoms with Crippen molar-refractivity contribution in [1.82, 2.24) is 5.32 Å². The largest absolute Gasteiger partial charge is 0.469 e. The highest BCUT2D eigenvalue weighted by Crippen LogP contribution is 2.12. The summed E-state index contributed by atoms with van der Waals surface area (Å²) >= 11 is 0. The quantitative estimate of drug-likeness (QED) is 0.575. The topological polar surface area (TPSA) is 81.4 Å². The first-order valence-electron chi connectivity index (χ1n) is 8.22. The highest BCUT2D eigenvalue weighted by atomic mass is 35.5. The minimum Gasteiger partial charge on any atom is -0.469 e. The predicted molar refractivity (Wildman–Crippen MR) is 105 cm³/mol. The molecule has 0 spiro atoms. The molecule has 0 fully saturated rings. The SMILES string of the molecule is COC(=O)C(CNC(=O)Cc1ccc(N)cc1)Cc1cccc(C)c1.Cl.